The quantitative estimate of drug-likeness (QED) is 0.394. The van der Waals surface area contributed by atoms with Crippen molar-refractivity contribution in [3.63, 3.8) is 0 Å². The Hall–Kier alpha value is -3.13. The zero-order valence-corrected chi connectivity index (χ0v) is 23.2. The smallest absolute Gasteiger partial charge is 0.305 e. The molecule has 0 spiro atoms. The van der Waals surface area contributed by atoms with Crippen molar-refractivity contribution in [2.75, 3.05) is 13.1 Å². The van der Waals surface area contributed by atoms with Gasteiger partial charge in [0, 0.05) is 18.7 Å². The van der Waals surface area contributed by atoms with Gasteiger partial charge in [0.2, 0.25) is 0 Å². The molecule has 1 aromatic heterocycles. The topological polar surface area (TPSA) is 124 Å². The van der Waals surface area contributed by atoms with E-state index in [2.05, 4.69) is 21.2 Å². The van der Waals surface area contributed by atoms with Crippen molar-refractivity contribution in [1.82, 2.24) is 14.5 Å². The largest absolute Gasteiger partial charge is 0.481 e. The zero-order valence-electron chi connectivity index (χ0n) is 20.0. The highest BCUT2D eigenvalue weighted by Gasteiger charge is 2.47. The van der Waals surface area contributed by atoms with Crippen molar-refractivity contribution in [2.45, 2.75) is 29.8 Å². The summed E-state index contributed by atoms with van der Waals surface area (Å²) < 4.78 is 42.0. The van der Waals surface area contributed by atoms with Gasteiger partial charge in [0.25, 0.3) is 21.8 Å². The van der Waals surface area contributed by atoms with Crippen LogP contribution in [0.25, 0.3) is 0 Å². The molecule has 38 heavy (non-hydrogen) atoms. The molecule has 2 amide bonds. The van der Waals surface area contributed by atoms with Crippen LogP contribution in [0.15, 0.2) is 68.7 Å². The van der Waals surface area contributed by atoms with Crippen LogP contribution in [0.1, 0.15) is 33.9 Å². The van der Waals surface area contributed by atoms with E-state index in [-0.39, 0.29) is 22.9 Å². The maximum Gasteiger partial charge on any atom is 0.305 e. The summed E-state index contributed by atoms with van der Waals surface area (Å²) in [6.45, 7) is 1.65. The van der Waals surface area contributed by atoms with Crippen molar-refractivity contribution in [3.8, 4) is 0 Å². The average Bonchev–Trinajstić information content (AvgIpc) is 3.51. The number of thiophene rings is 1. The highest BCUT2D eigenvalue weighted by molar-refractivity contribution is 9.11. The van der Waals surface area contributed by atoms with Crippen molar-refractivity contribution < 1.29 is 32.3 Å². The maximum absolute atomic E-state index is 13.7. The van der Waals surface area contributed by atoms with Gasteiger partial charge in [-0.15, -0.1) is 11.3 Å². The van der Waals surface area contributed by atoms with E-state index in [4.69, 9.17) is 0 Å². The third kappa shape index (κ3) is 5.96. The lowest BCUT2D eigenvalue weighted by Crippen LogP contribution is -2.54. The molecule has 2 aromatic carbocycles. The molecule has 2 atom stereocenters. The molecule has 0 saturated carbocycles. The molecule has 200 valence electrons. The molecule has 1 saturated heterocycles. The fraction of sp³-hybridized carbons (Fsp3) is 0.240. The third-order valence-corrected chi connectivity index (χ3v) is 9.95. The number of carboxylic acids is 1. The predicted molar refractivity (Wildman–Crippen MR) is 141 cm³/mol. The first-order chi connectivity index (χ1) is 18.0. The van der Waals surface area contributed by atoms with E-state index < -0.39 is 52.3 Å². The van der Waals surface area contributed by atoms with Gasteiger partial charge >= 0.3 is 5.97 Å². The Morgan fingerprint density at radius 2 is 1.74 bits per heavy atom. The first kappa shape index (κ1) is 27.9. The Bertz CT molecular complexity index is 1460. The lowest BCUT2D eigenvalue weighted by atomic mass is 10.0. The van der Waals surface area contributed by atoms with Crippen LogP contribution in [-0.2, 0) is 19.6 Å². The average molecular weight is 625 g/mol. The van der Waals surface area contributed by atoms with E-state index in [1.54, 1.807) is 30.3 Å². The normalized spacial score (nSPS) is 16.8. The summed E-state index contributed by atoms with van der Waals surface area (Å²) in [6.07, 6.45) is -2.12. The van der Waals surface area contributed by atoms with E-state index >= 15 is 0 Å². The fourth-order valence-corrected chi connectivity index (χ4v) is 7.81. The van der Waals surface area contributed by atoms with E-state index in [0.717, 1.165) is 38.2 Å². The number of carboxylic acid groups (broad SMARTS) is 1. The molecule has 4 rings (SSSR count). The number of halogens is 2. The number of hydrogen-bond donors (Lipinski definition) is 2. The zero-order chi connectivity index (χ0) is 27.6. The van der Waals surface area contributed by atoms with Crippen LogP contribution in [-0.4, -0.2) is 59.8 Å². The molecule has 1 fully saturated rings. The van der Waals surface area contributed by atoms with Gasteiger partial charge in [-0.25, -0.2) is 12.8 Å². The minimum absolute atomic E-state index is 0.0209. The van der Waals surface area contributed by atoms with Gasteiger partial charge in [0.05, 0.1) is 16.2 Å². The van der Waals surface area contributed by atoms with Crippen LogP contribution in [0.5, 0.6) is 0 Å². The number of benzene rings is 2. The Morgan fingerprint density at radius 1 is 1.08 bits per heavy atom. The van der Waals surface area contributed by atoms with Gasteiger partial charge in [-0.1, -0.05) is 29.8 Å². The van der Waals surface area contributed by atoms with Crippen LogP contribution in [0.3, 0.4) is 0 Å². The van der Waals surface area contributed by atoms with E-state index in [1.165, 1.54) is 18.2 Å². The number of aliphatic carboxylic acids is 1. The molecule has 0 bridgehead atoms. The molecule has 0 radical (unpaired) electrons. The Morgan fingerprint density at radius 3 is 2.32 bits per heavy atom. The minimum Gasteiger partial charge on any atom is -0.481 e. The van der Waals surface area contributed by atoms with Gasteiger partial charge in [0.15, 0.2) is 6.17 Å². The van der Waals surface area contributed by atoms with Crippen LogP contribution in [0, 0.1) is 12.7 Å². The molecule has 3 aromatic rings. The number of amides is 2. The molecule has 1 aliphatic heterocycles. The third-order valence-electron chi connectivity index (χ3n) is 6.00. The lowest BCUT2D eigenvalue weighted by molar-refractivity contribution is -0.138. The second kappa shape index (κ2) is 11.3. The van der Waals surface area contributed by atoms with Gasteiger partial charge in [-0.2, -0.15) is 4.31 Å². The standard InChI is InChI=1S/C25H23BrFN3O6S2/c1-15-2-4-17(5-3-15)25(34)29-12-13-30(38(35,36)22-11-10-20(26)37-22)24(29)23(33)28-19(14-21(31)32)16-6-8-18(27)9-7-16/h2-11,19,24H,12-14H2,1H3,(H,28,33)(H,31,32). The minimum atomic E-state index is -4.20. The molecule has 13 heteroatoms. The number of aryl methyl sites for hydroxylation is 1. The Labute approximate surface area is 231 Å². The highest BCUT2D eigenvalue weighted by atomic mass is 79.9. The highest BCUT2D eigenvalue weighted by Crippen LogP contribution is 2.32. The second-order valence-electron chi connectivity index (χ2n) is 8.62. The summed E-state index contributed by atoms with van der Waals surface area (Å²) in [7, 11) is -4.20. The molecular formula is C25H23BrFN3O6S2. The number of nitrogens with zero attached hydrogens (tertiary/aromatic N) is 2. The van der Waals surface area contributed by atoms with Crippen LogP contribution in [0.4, 0.5) is 4.39 Å². The molecule has 2 unspecified atom stereocenters. The van der Waals surface area contributed by atoms with Gasteiger partial charge in [0.1, 0.15) is 10.0 Å². The summed E-state index contributed by atoms with van der Waals surface area (Å²) in [5.41, 5.74) is 1.50. The van der Waals surface area contributed by atoms with Gasteiger partial charge in [-0.3, -0.25) is 14.4 Å². The fourth-order valence-electron chi connectivity index (χ4n) is 4.12. The lowest BCUT2D eigenvalue weighted by Gasteiger charge is -2.30. The van der Waals surface area contributed by atoms with Crippen molar-refractivity contribution >= 4 is 55.1 Å². The first-order valence-corrected chi connectivity index (χ1v) is 14.4. The summed E-state index contributed by atoms with van der Waals surface area (Å²) in [6, 6.07) is 13.4. The number of carbonyl (C=O) groups excluding carboxylic acids is 2. The predicted octanol–water partition coefficient (Wildman–Crippen LogP) is 3.76. The van der Waals surface area contributed by atoms with Gasteiger partial charge in [-0.05, 0) is 64.8 Å². The monoisotopic (exact) mass is 623 g/mol. The number of hydrogen-bond acceptors (Lipinski definition) is 6. The van der Waals surface area contributed by atoms with E-state index in [1.807, 2.05) is 6.92 Å². The Balaban J connectivity index is 1.71. The van der Waals surface area contributed by atoms with Crippen LogP contribution in [0.2, 0.25) is 0 Å². The summed E-state index contributed by atoms with van der Waals surface area (Å²) in [5, 5.41) is 12.0. The first-order valence-electron chi connectivity index (χ1n) is 11.4. The van der Waals surface area contributed by atoms with Crippen molar-refractivity contribution in [1.29, 1.82) is 0 Å². The van der Waals surface area contributed by atoms with Crippen molar-refractivity contribution in [2.24, 2.45) is 0 Å². The number of nitrogens with one attached hydrogen (secondary N) is 1. The summed E-state index contributed by atoms with van der Waals surface area (Å²) in [4.78, 5) is 39.8. The molecule has 2 heterocycles. The van der Waals surface area contributed by atoms with E-state index in [9.17, 15) is 32.3 Å². The molecular weight excluding hydrogens is 601 g/mol. The number of carbonyl (C=O) groups is 3. The molecule has 0 aliphatic carbocycles. The summed E-state index contributed by atoms with van der Waals surface area (Å²) >= 11 is 4.21. The van der Waals surface area contributed by atoms with Crippen LogP contribution >= 0.6 is 27.3 Å². The maximum atomic E-state index is 13.7. The summed E-state index contributed by atoms with van der Waals surface area (Å²) in [5.74, 6) is -3.20. The van der Waals surface area contributed by atoms with Crippen LogP contribution < -0.4 is 5.32 Å². The number of rotatable bonds is 8. The van der Waals surface area contributed by atoms with Gasteiger partial charge < -0.3 is 15.3 Å². The van der Waals surface area contributed by atoms with E-state index in [0.29, 0.717) is 9.35 Å². The Kier molecular flexibility index (Phi) is 8.31. The SMILES string of the molecule is Cc1ccc(C(=O)N2CCN(S(=O)(=O)c3ccc(Br)s3)C2C(=O)NC(CC(=O)O)c2ccc(F)cc2)cc1. The van der Waals surface area contributed by atoms with Crippen molar-refractivity contribution in [3.05, 3.63) is 87.0 Å². The molecule has 1 aliphatic rings. The molecule has 9 nitrogen and oxygen atoms in total. The second-order valence-corrected chi connectivity index (χ2v) is 13.2. The number of sulfonamides is 1. The molecule has 2 N–H and O–H groups in total.